The number of likely N-dealkylation sites (tertiary alicyclic amines) is 1. The third kappa shape index (κ3) is 3.67. The molecule has 0 bridgehead atoms. The zero-order valence-electron chi connectivity index (χ0n) is 10.9. The molecule has 1 amide bonds. The van der Waals surface area contributed by atoms with Crippen LogP contribution >= 0.6 is 0 Å². The Morgan fingerprint density at radius 2 is 2.12 bits per heavy atom. The Kier molecular flexibility index (Phi) is 3.84. The van der Waals surface area contributed by atoms with E-state index in [0.29, 0.717) is 13.1 Å². The smallest absolute Gasteiger partial charge is 0.410 e. The van der Waals surface area contributed by atoms with Crippen LogP contribution in [0, 0.1) is 0 Å². The number of ether oxygens (including phenoxy) is 1. The van der Waals surface area contributed by atoms with Crippen LogP contribution in [0.2, 0.25) is 0 Å². The van der Waals surface area contributed by atoms with Gasteiger partial charge in [-0.15, -0.1) is 0 Å². The predicted molar refractivity (Wildman–Crippen MR) is 64.3 cm³/mol. The number of nitrogens with two attached hydrogens (primary N) is 1. The summed E-state index contributed by atoms with van der Waals surface area (Å²) in [5, 5.41) is 0. The van der Waals surface area contributed by atoms with Gasteiger partial charge in [0.1, 0.15) is 5.60 Å². The first-order valence-corrected chi connectivity index (χ1v) is 6.02. The fraction of sp³-hybridized carbons (Fsp3) is 0.917. The van der Waals surface area contributed by atoms with Crippen LogP contribution in [0.3, 0.4) is 0 Å². The molecule has 0 aromatic carbocycles. The van der Waals surface area contributed by atoms with Crippen LogP contribution in [0.4, 0.5) is 4.79 Å². The molecular weight excluding hydrogens is 204 g/mol. The molecule has 0 spiro atoms. The minimum Gasteiger partial charge on any atom is -0.444 e. The van der Waals surface area contributed by atoms with E-state index in [1.54, 1.807) is 4.90 Å². The van der Waals surface area contributed by atoms with E-state index in [2.05, 4.69) is 6.92 Å². The average Bonchev–Trinajstić information content (AvgIpc) is 2.45. The lowest BCUT2D eigenvalue weighted by Crippen LogP contribution is -2.44. The maximum atomic E-state index is 11.8. The maximum Gasteiger partial charge on any atom is 0.410 e. The molecule has 0 saturated carbocycles. The van der Waals surface area contributed by atoms with Gasteiger partial charge in [0.05, 0.1) is 0 Å². The van der Waals surface area contributed by atoms with Crippen molar-refractivity contribution in [1.82, 2.24) is 4.90 Å². The molecule has 94 valence electrons. The van der Waals surface area contributed by atoms with E-state index >= 15 is 0 Å². The van der Waals surface area contributed by atoms with E-state index in [9.17, 15) is 4.79 Å². The van der Waals surface area contributed by atoms with Crippen LogP contribution < -0.4 is 5.73 Å². The van der Waals surface area contributed by atoms with Gasteiger partial charge in [0.15, 0.2) is 0 Å². The lowest BCUT2D eigenvalue weighted by molar-refractivity contribution is 0.0283. The van der Waals surface area contributed by atoms with Crippen molar-refractivity contribution in [2.24, 2.45) is 5.73 Å². The summed E-state index contributed by atoms with van der Waals surface area (Å²) >= 11 is 0. The highest BCUT2D eigenvalue weighted by Crippen LogP contribution is 2.24. The molecule has 0 radical (unpaired) electrons. The molecule has 1 aliphatic heterocycles. The summed E-state index contributed by atoms with van der Waals surface area (Å²) in [5.74, 6) is 0. The molecule has 0 aromatic rings. The molecule has 1 aliphatic rings. The molecule has 0 aliphatic carbocycles. The van der Waals surface area contributed by atoms with Gasteiger partial charge < -0.3 is 15.4 Å². The number of rotatable bonds is 2. The van der Waals surface area contributed by atoms with Gasteiger partial charge >= 0.3 is 6.09 Å². The normalized spacial score (nSPS) is 25.9. The highest BCUT2D eigenvalue weighted by atomic mass is 16.6. The number of carbonyl (C=O) groups is 1. The second-order valence-electron chi connectivity index (χ2n) is 5.76. The van der Waals surface area contributed by atoms with Gasteiger partial charge in [-0.1, -0.05) is 13.3 Å². The van der Waals surface area contributed by atoms with Crippen LogP contribution in [0.5, 0.6) is 0 Å². The van der Waals surface area contributed by atoms with E-state index in [-0.39, 0.29) is 11.6 Å². The molecule has 4 heteroatoms. The second kappa shape index (κ2) is 4.62. The van der Waals surface area contributed by atoms with E-state index in [0.717, 1.165) is 19.3 Å². The van der Waals surface area contributed by atoms with Crippen LogP contribution in [0.1, 0.15) is 47.0 Å². The number of amides is 1. The van der Waals surface area contributed by atoms with E-state index in [1.165, 1.54) is 0 Å². The number of hydrogen-bond donors (Lipinski definition) is 1. The quantitative estimate of drug-likeness (QED) is 0.787. The summed E-state index contributed by atoms with van der Waals surface area (Å²) in [7, 11) is 0. The summed E-state index contributed by atoms with van der Waals surface area (Å²) in [6, 6.07) is 0. The van der Waals surface area contributed by atoms with Gasteiger partial charge in [-0.2, -0.15) is 0 Å². The first kappa shape index (κ1) is 13.3. The highest BCUT2D eigenvalue weighted by Gasteiger charge is 2.37. The van der Waals surface area contributed by atoms with E-state index in [4.69, 9.17) is 10.5 Å². The molecule has 1 saturated heterocycles. The summed E-state index contributed by atoms with van der Waals surface area (Å²) < 4.78 is 5.32. The number of hydrogen-bond acceptors (Lipinski definition) is 3. The van der Waals surface area contributed by atoms with Crippen molar-refractivity contribution < 1.29 is 9.53 Å². The molecule has 1 fully saturated rings. The SMILES string of the molecule is CCC[C@]1(N)CCN(C(=O)OC(C)(C)C)C1. The van der Waals surface area contributed by atoms with E-state index < -0.39 is 5.60 Å². The monoisotopic (exact) mass is 228 g/mol. The Hall–Kier alpha value is -0.770. The summed E-state index contributed by atoms with van der Waals surface area (Å²) in [5.41, 5.74) is 5.58. The molecule has 16 heavy (non-hydrogen) atoms. The Morgan fingerprint density at radius 3 is 2.62 bits per heavy atom. The topological polar surface area (TPSA) is 55.6 Å². The molecule has 2 N–H and O–H groups in total. The minimum absolute atomic E-state index is 0.203. The van der Waals surface area contributed by atoms with Gasteiger partial charge in [0, 0.05) is 18.6 Å². The first-order valence-electron chi connectivity index (χ1n) is 6.02. The third-order valence-electron chi connectivity index (χ3n) is 2.78. The summed E-state index contributed by atoms with van der Waals surface area (Å²) in [6.45, 7) is 9.08. The minimum atomic E-state index is -0.429. The van der Waals surface area contributed by atoms with Crippen molar-refractivity contribution in [1.29, 1.82) is 0 Å². The van der Waals surface area contributed by atoms with Gasteiger partial charge in [-0.3, -0.25) is 0 Å². The lowest BCUT2D eigenvalue weighted by atomic mass is 9.94. The Balaban J connectivity index is 2.50. The molecule has 4 nitrogen and oxygen atoms in total. The Labute approximate surface area is 98.1 Å². The van der Waals surface area contributed by atoms with Gasteiger partial charge in [0.2, 0.25) is 0 Å². The zero-order valence-corrected chi connectivity index (χ0v) is 10.9. The van der Waals surface area contributed by atoms with E-state index in [1.807, 2.05) is 20.8 Å². The summed E-state index contributed by atoms with van der Waals surface area (Å²) in [4.78, 5) is 13.5. The Morgan fingerprint density at radius 1 is 1.50 bits per heavy atom. The third-order valence-corrected chi connectivity index (χ3v) is 2.78. The average molecular weight is 228 g/mol. The molecule has 0 unspecified atom stereocenters. The predicted octanol–water partition coefficient (Wildman–Crippen LogP) is 2.12. The fourth-order valence-electron chi connectivity index (χ4n) is 2.08. The molecule has 0 aromatic heterocycles. The van der Waals surface area contributed by atoms with Crippen LogP contribution in [-0.4, -0.2) is 35.2 Å². The maximum absolute atomic E-state index is 11.8. The molecule has 1 atom stereocenters. The van der Waals surface area contributed by atoms with Crippen molar-refractivity contribution in [2.45, 2.75) is 58.1 Å². The lowest BCUT2D eigenvalue weighted by Gasteiger charge is -2.26. The molecule has 1 heterocycles. The molecule has 1 rings (SSSR count). The van der Waals surface area contributed by atoms with Crippen LogP contribution in [0.25, 0.3) is 0 Å². The summed E-state index contributed by atoms with van der Waals surface area (Å²) in [6.07, 6.45) is 2.65. The van der Waals surface area contributed by atoms with Gasteiger partial charge in [-0.05, 0) is 33.6 Å². The standard InChI is InChI=1S/C12H24N2O2/c1-5-6-12(13)7-8-14(9-12)10(15)16-11(2,3)4/h5-9,13H2,1-4H3/t12-/m0/s1. The first-order chi connectivity index (χ1) is 7.26. The van der Waals surface area contributed by atoms with Crippen molar-refractivity contribution in [2.75, 3.05) is 13.1 Å². The van der Waals surface area contributed by atoms with Crippen molar-refractivity contribution >= 4 is 6.09 Å². The largest absolute Gasteiger partial charge is 0.444 e. The fourth-order valence-corrected chi connectivity index (χ4v) is 2.08. The Bertz CT molecular complexity index is 260. The van der Waals surface area contributed by atoms with Gasteiger partial charge in [0.25, 0.3) is 0 Å². The van der Waals surface area contributed by atoms with Crippen LogP contribution in [-0.2, 0) is 4.74 Å². The van der Waals surface area contributed by atoms with Crippen molar-refractivity contribution in [3.05, 3.63) is 0 Å². The number of nitrogens with zero attached hydrogens (tertiary/aromatic N) is 1. The second-order valence-corrected chi connectivity index (χ2v) is 5.76. The highest BCUT2D eigenvalue weighted by molar-refractivity contribution is 5.68. The zero-order chi connectivity index (χ0) is 12.4. The molecular formula is C12H24N2O2. The number of carbonyl (C=O) groups excluding carboxylic acids is 1. The van der Waals surface area contributed by atoms with Gasteiger partial charge in [-0.25, -0.2) is 4.79 Å². The van der Waals surface area contributed by atoms with Crippen molar-refractivity contribution in [3.8, 4) is 0 Å². The van der Waals surface area contributed by atoms with Crippen molar-refractivity contribution in [3.63, 3.8) is 0 Å². The van der Waals surface area contributed by atoms with Crippen LogP contribution in [0.15, 0.2) is 0 Å².